The van der Waals surface area contributed by atoms with Gasteiger partial charge in [0.15, 0.2) is 0 Å². The van der Waals surface area contributed by atoms with Crippen molar-refractivity contribution >= 4 is 11.9 Å². The minimum atomic E-state index is -5.08. The Morgan fingerprint density at radius 2 is 1.70 bits per heavy atom. The second-order valence-electron chi connectivity index (χ2n) is 8.34. The van der Waals surface area contributed by atoms with Gasteiger partial charge in [-0.05, 0) is 38.4 Å². The zero-order valence-corrected chi connectivity index (χ0v) is 16.1. The highest BCUT2D eigenvalue weighted by atomic mass is 19.4. The average molecular weight is 388 g/mol. The Morgan fingerprint density at radius 1 is 1.15 bits per heavy atom. The van der Waals surface area contributed by atoms with E-state index in [0.717, 1.165) is 4.90 Å². The van der Waals surface area contributed by atoms with Gasteiger partial charge in [-0.15, -0.1) is 0 Å². The molecule has 5 nitrogen and oxygen atoms in total. The monoisotopic (exact) mass is 388 g/mol. The first kappa shape index (κ1) is 21.5. The number of piperidine rings is 1. The van der Waals surface area contributed by atoms with Crippen molar-refractivity contribution in [2.45, 2.75) is 51.4 Å². The van der Waals surface area contributed by atoms with Gasteiger partial charge in [-0.2, -0.15) is 13.2 Å². The molecule has 1 saturated heterocycles. The summed E-state index contributed by atoms with van der Waals surface area (Å²) in [5.74, 6) is -4.50. The fourth-order valence-corrected chi connectivity index (χ4v) is 4.23. The van der Waals surface area contributed by atoms with Crippen LogP contribution in [0.5, 0.6) is 0 Å². The van der Waals surface area contributed by atoms with Crippen molar-refractivity contribution in [1.29, 1.82) is 0 Å². The van der Waals surface area contributed by atoms with E-state index in [4.69, 9.17) is 0 Å². The van der Waals surface area contributed by atoms with Gasteiger partial charge >= 0.3 is 18.1 Å². The number of carbonyl (C=O) groups is 2. The Bertz CT molecular complexity index is 644. The minimum Gasteiger partial charge on any atom is -0.481 e. The topological polar surface area (TPSA) is 60.9 Å². The third kappa shape index (κ3) is 3.90. The Morgan fingerprint density at radius 3 is 2.15 bits per heavy atom. The molecule has 2 aliphatic rings. The Balaban J connectivity index is 2.67. The molecule has 1 aliphatic heterocycles. The average Bonchev–Trinajstić information content (AvgIpc) is 2.55. The standard InChI is InChI=1S/C19H27F3N2O3/c1-17(2,3)18(10-6-5-7-14(18)15(25)26)24(16(27)19(20,21)22)13-8-11-23(4)12-9-13/h5-7,10,13-14H,8-9,11-12H2,1-4H3,(H,25,26). The summed E-state index contributed by atoms with van der Waals surface area (Å²) < 4.78 is 40.7. The summed E-state index contributed by atoms with van der Waals surface area (Å²) in [6.45, 7) is 6.13. The molecule has 8 heteroatoms. The van der Waals surface area contributed by atoms with Crippen LogP contribution >= 0.6 is 0 Å². The molecule has 1 N–H and O–H groups in total. The van der Waals surface area contributed by atoms with Gasteiger partial charge in [-0.25, -0.2) is 0 Å². The summed E-state index contributed by atoms with van der Waals surface area (Å²) in [7, 11) is 1.87. The van der Waals surface area contributed by atoms with Crippen molar-refractivity contribution in [3.63, 3.8) is 0 Å². The van der Waals surface area contributed by atoms with E-state index in [1.54, 1.807) is 20.8 Å². The van der Waals surface area contributed by atoms with Crippen LogP contribution in [0.15, 0.2) is 24.3 Å². The maximum atomic E-state index is 13.6. The van der Waals surface area contributed by atoms with Crippen molar-refractivity contribution in [3.8, 4) is 0 Å². The van der Waals surface area contributed by atoms with Crippen LogP contribution in [0.25, 0.3) is 0 Å². The third-order valence-corrected chi connectivity index (χ3v) is 5.62. The second kappa shape index (κ2) is 7.30. The fraction of sp³-hybridized carbons (Fsp3) is 0.684. The van der Waals surface area contributed by atoms with Crippen LogP contribution in [-0.2, 0) is 9.59 Å². The molecule has 27 heavy (non-hydrogen) atoms. The Hall–Kier alpha value is -1.83. The number of aliphatic carboxylic acids is 1. The maximum absolute atomic E-state index is 13.6. The van der Waals surface area contributed by atoms with Crippen LogP contribution in [0.1, 0.15) is 33.6 Å². The van der Waals surface area contributed by atoms with Gasteiger partial charge in [0.05, 0.1) is 5.54 Å². The minimum absolute atomic E-state index is 0.361. The molecule has 2 unspecified atom stereocenters. The first-order chi connectivity index (χ1) is 12.3. The van der Waals surface area contributed by atoms with Gasteiger partial charge < -0.3 is 14.9 Å². The molecule has 0 saturated carbocycles. The number of halogens is 3. The number of allylic oxidation sites excluding steroid dienone is 2. The number of likely N-dealkylation sites (tertiary alicyclic amines) is 1. The SMILES string of the molecule is CN1CCC(N(C(=O)C(F)(F)F)C2(C(C)(C)C)C=CC=CC2C(=O)O)CC1. The van der Waals surface area contributed by atoms with E-state index in [1.807, 2.05) is 11.9 Å². The van der Waals surface area contributed by atoms with Crippen molar-refractivity contribution in [1.82, 2.24) is 9.80 Å². The van der Waals surface area contributed by atoms with E-state index in [-0.39, 0.29) is 0 Å². The largest absolute Gasteiger partial charge is 0.481 e. The van der Waals surface area contributed by atoms with E-state index < -0.39 is 41.0 Å². The van der Waals surface area contributed by atoms with Gasteiger partial charge in [-0.3, -0.25) is 9.59 Å². The first-order valence-corrected chi connectivity index (χ1v) is 9.00. The number of alkyl halides is 3. The van der Waals surface area contributed by atoms with Crippen LogP contribution in [0.2, 0.25) is 0 Å². The van der Waals surface area contributed by atoms with Crippen molar-refractivity contribution in [2.24, 2.45) is 11.3 Å². The molecule has 0 aromatic heterocycles. The lowest BCUT2D eigenvalue weighted by molar-refractivity contribution is -0.202. The number of carboxylic acids is 1. The zero-order chi connectivity index (χ0) is 20.6. The van der Waals surface area contributed by atoms with Crippen molar-refractivity contribution in [2.75, 3.05) is 20.1 Å². The summed E-state index contributed by atoms with van der Waals surface area (Å²) >= 11 is 0. The highest BCUT2D eigenvalue weighted by molar-refractivity contribution is 5.86. The molecule has 2 rings (SSSR count). The van der Waals surface area contributed by atoms with E-state index in [9.17, 15) is 27.9 Å². The number of amides is 1. The van der Waals surface area contributed by atoms with E-state index >= 15 is 0 Å². The van der Waals surface area contributed by atoms with Gasteiger partial charge in [0.2, 0.25) is 0 Å². The normalized spacial score (nSPS) is 27.6. The second-order valence-corrected chi connectivity index (χ2v) is 8.34. The fourth-order valence-electron chi connectivity index (χ4n) is 4.23. The predicted octanol–water partition coefficient (Wildman–Crippen LogP) is 3.08. The summed E-state index contributed by atoms with van der Waals surface area (Å²) in [6, 6.07) is -0.687. The molecular formula is C19H27F3N2O3. The van der Waals surface area contributed by atoms with Crippen molar-refractivity contribution in [3.05, 3.63) is 24.3 Å². The Kier molecular flexibility index (Phi) is 5.80. The Labute approximate surface area is 157 Å². The van der Waals surface area contributed by atoms with Crippen LogP contribution < -0.4 is 0 Å². The molecule has 2 atom stereocenters. The number of hydrogen-bond acceptors (Lipinski definition) is 3. The lowest BCUT2D eigenvalue weighted by atomic mass is 9.62. The molecule has 0 aromatic rings. The molecule has 0 radical (unpaired) electrons. The van der Waals surface area contributed by atoms with Gasteiger partial charge in [0.25, 0.3) is 0 Å². The van der Waals surface area contributed by atoms with E-state index in [0.29, 0.717) is 25.9 Å². The van der Waals surface area contributed by atoms with Gasteiger partial charge in [0.1, 0.15) is 5.92 Å². The molecule has 1 aliphatic carbocycles. The molecule has 0 aromatic carbocycles. The lowest BCUT2D eigenvalue weighted by Crippen LogP contribution is -2.69. The van der Waals surface area contributed by atoms with Crippen LogP contribution in [0, 0.1) is 11.3 Å². The molecular weight excluding hydrogens is 361 g/mol. The summed E-state index contributed by atoms with van der Waals surface area (Å²) in [5, 5.41) is 9.80. The summed E-state index contributed by atoms with van der Waals surface area (Å²) in [5.41, 5.74) is -2.57. The lowest BCUT2D eigenvalue weighted by Gasteiger charge is -2.57. The third-order valence-electron chi connectivity index (χ3n) is 5.62. The van der Waals surface area contributed by atoms with Crippen LogP contribution in [-0.4, -0.2) is 64.7 Å². The molecule has 0 spiro atoms. The molecule has 1 heterocycles. The molecule has 152 valence electrons. The number of hydrogen-bond donors (Lipinski definition) is 1. The maximum Gasteiger partial charge on any atom is 0.471 e. The molecule has 1 fully saturated rings. The summed E-state index contributed by atoms with van der Waals surface area (Å²) in [6.07, 6.45) is 1.52. The summed E-state index contributed by atoms with van der Waals surface area (Å²) in [4.78, 5) is 27.4. The number of rotatable bonds is 3. The number of carboxylic acid groups (broad SMARTS) is 1. The van der Waals surface area contributed by atoms with Crippen LogP contribution in [0.3, 0.4) is 0 Å². The van der Waals surface area contributed by atoms with Crippen LogP contribution in [0.4, 0.5) is 13.2 Å². The van der Waals surface area contributed by atoms with E-state index in [1.165, 1.54) is 24.3 Å². The zero-order valence-electron chi connectivity index (χ0n) is 16.1. The number of carbonyl (C=O) groups excluding carboxylic acids is 1. The van der Waals surface area contributed by atoms with Gasteiger partial charge in [0, 0.05) is 6.04 Å². The quantitative estimate of drug-likeness (QED) is 0.807. The predicted molar refractivity (Wildman–Crippen MR) is 95.0 cm³/mol. The smallest absolute Gasteiger partial charge is 0.471 e. The highest BCUT2D eigenvalue weighted by Gasteiger charge is 2.60. The van der Waals surface area contributed by atoms with Crippen molar-refractivity contribution < 1.29 is 27.9 Å². The molecule has 1 amide bonds. The van der Waals surface area contributed by atoms with E-state index in [2.05, 4.69) is 0 Å². The van der Waals surface area contributed by atoms with Gasteiger partial charge in [-0.1, -0.05) is 45.1 Å². The first-order valence-electron chi connectivity index (χ1n) is 9.00. The highest BCUT2D eigenvalue weighted by Crippen LogP contribution is 2.48. The molecule has 0 bridgehead atoms. The number of nitrogens with zero attached hydrogens (tertiary/aromatic N) is 2.